The highest BCUT2D eigenvalue weighted by Gasteiger charge is 1.95. The summed E-state index contributed by atoms with van der Waals surface area (Å²) >= 11 is 0. The van der Waals surface area contributed by atoms with Gasteiger partial charge in [-0.3, -0.25) is 4.79 Å². The number of amides is 1. The largest absolute Gasteiger partial charge is 0.478 e. The van der Waals surface area contributed by atoms with Crippen molar-refractivity contribution in [2.75, 3.05) is 6.73 Å². The molecule has 74 valence electrons. The number of carbonyl (C=O) groups excluding carboxylic acids is 1. The molecule has 0 aliphatic carbocycles. The van der Waals surface area contributed by atoms with Gasteiger partial charge in [-0.15, -0.1) is 0 Å². The minimum atomic E-state index is -0.981. The molecule has 0 aliphatic heterocycles. The van der Waals surface area contributed by atoms with Crippen molar-refractivity contribution in [2.24, 2.45) is 0 Å². The van der Waals surface area contributed by atoms with Gasteiger partial charge in [-0.2, -0.15) is 0 Å². The molecule has 0 fully saturated rings. The van der Waals surface area contributed by atoms with E-state index in [-0.39, 0.29) is 12.6 Å². The molecule has 5 heteroatoms. The first kappa shape index (κ1) is 13.9. The monoisotopic (exact) mass is 187 g/mol. The maximum atomic E-state index is 10.4. The lowest BCUT2D eigenvalue weighted by Crippen LogP contribution is -2.24. The van der Waals surface area contributed by atoms with E-state index in [1.54, 1.807) is 6.92 Å². The van der Waals surface area contributed by atoms with E-state index in [0.717, 1.165) is 6.08 Å². The van der Waals surface area contributed by atoms with Crippen molar-refractivity contribution in [1.29, 1.82) is 0 Å². The molecular weight excluding hydrogens is 174 g/mol. The number of carbonyl (C=O) groups is 2. The summed E-state index contributed by atoms with van der Waals surface area (Å²) in [6, 6.07) is 0. The van der Waals surface area contributed by atoms with E-state index >= 15 is 0 Å². The first-order valence-electron chi connectivity index (χ1n) is 3.35. The average molecular weight is 187 g/mol. The number of carboxylic acids is 1. The van der Waals surface area contributed by atoms with Crippen molar-refractivity contribution in [1.82, 2.24) is 5.32 Å². The van der Waals surface area contributed by atoms with E-state index in [0.29, 0.717) is 5.57 Å². The number of hydrogen-bond donors (Lipinski definition) is 3. The molecule has 0 bridgehead atoms. The van der Waals surface area contributed by atoms with Crippen LogP contribution in [0, 0.1) is 0 Å². The van der Waals surface area contributed by atoms with Crippen LogP contribution in [0.15, 0.2) is 24.8 Å². The smallest absolute Gasteiger partial charge is 0.327 e. The van der Waals surface area contributed by atoms with Gasteiger partial charge in [-0.1, -0.05) is 13.2 Å². The Hall–Kier alpha value is -1.62. The summed E-state index contributed by atoms with van der Waals surface area (Å²) in [5, 5.41) is 17.9. The van der Waals surface area contributed by atoms with Crippen LogP contribution in [0.5, 0.6) is 0 Å². The first-order valence-corrected chi connectivity index (χ1v) is 3.35. The molecular formula is C8H13NO4. The van der Waals surface area contributed by atoms with Gasteiger partial charge in [0.05, 0.1) is 0 Å². The number of nitrogens with one attached hydrogen (secondary N) is 1. The molecule has 0 aromatic rings. The van der Waals surface area contributed by atoms with E-state index in [4.69, 9.17) is 10.2 Å². The molecule has 13 heavy (non-hydrogen) atoms. The summed E-state index contributed by atoms with van der Waals surface area (Å²) in [7, 11) is 0. The lowest BCUT2D eigenvalue weighted by atomic mass is 10.3. The number of carboxylic acid groups (broad SMARTS) is 1. The molecule has 0 aromatic heterocycles. The van der Waals surface area contributed by atoms with Crippen LogP contribution in [0.2, 0.25) is 0 Å². The molecule has 0 aromatic carbocycles. The lowest BCUT2D eigenvalue weighted by molar-refractivity contribution is -0.131. The van der Waals surface area contributed by atoms with Crippen molar-refractivity contribution in [3.05, 3.63) is 24.8 Å². The molecule has 0 aliphatic rings. The highest BCUT2D eigenvalue weighted by molar-refractivity contribution is 5.91. The molecule has 0 heterocycles. The zero-order valence-corrected chi connectivity index (χ0v) is 7.41. The van der Waals surface area contributed by atoms with Crippen LogP contribution in [0.1, 0.15) is 6.92 Å². The van der Waals surface area contributed by atoms with Crippen molar-refractivity contribution < 1.29 is 19.8 Å². The van der Waals surface area contributed by atoms with Crippen LogP contribution in [0.25, 0.3) is 0 Å². The standard InChI is InChI=1S/C5H9NO2.C3H4O2/c1-4(2)5(8)6-3-7;1-2-3(4)5/h7H,1,3H2,2H3,(H,6,8);2H,1H2,(H,4,5). The fourth-order valence-corrected chi connectivity index (χ4v) is 0.223. The molecule has 3 N–H and O–H groups in total. The Balaban J connectivity index is 0. The number of aliphatic carboxylic acids is 1. The van der Waals surface area contributed by atoms with E-state index in [1.165, 1.54) is 0 Å². The normalized spacial score (nSPS) is 7.54. The maximum Gasteiger partial charge on any atom is 0.327 e. The van der Waals surface area contributed by atoms with Crippen molar-refractivity contribution in [2.45, 2.75) is 6.92 Å². The summed E-state index contributed by atoms with van der Waals surface area (Å²) < 4.78 is 0. The van der Waals surface area contributed by atoms with Crippen LogP contribution in [-0.4, -0.2) is 28.8 Å². The number of hydrogen-bond acceptors (Lipinski definition) is 3. The number of rotatable bonds is 3. The van der Waals surface area contributed by atoms with Gasteiger partial charge in [0.1, 0.15) is 6.73 Å². The van der Waals surface area contributed by atoms with Crippen LogP contribution < -0.4 is 5.32 Å². The van der Waals surface area contributed by atoms with Gasteiger partial charge < -0.3 is 15.5 Å². The fourth-order valence-electron chi connectivity index (χ4n) is 0.223. The van der Waals surface area contributed by atoms with Gasteiger partial charge in [-0.25, -0.2) is 4.79 Å². The topological polar surface area (TPSA) is 86.6 Å². The van der Waals surface area contributed by atoms with Gasteiger partial charge in [0.15, 0.2) is 0 Å². The third-order valence-corrected chi connectivity index (χ3v) is 0.802. The van der Waals surface area contributed by atoms with Crippen molar-refractivity contribution in [3.8, 4) is 0 Å². The van der Waals surface area contributed by atoms with Gasteiger partial charge in [0, 0.05) is 11.6 Å². The molecule has 0 unspecified atom stereocenters. The Kier molecular flexibility index (Phi) is 9.09. The molecule has 0 rings (SSSR count). The maximum absolute atomic E-state index is 10.4. The fraction of sp³-hybridized carbons (Fsp3) is 0.250. The van der Waals surface area contributed by atoms with Crippen LogP contribution >= 0.6 is 0 Å². The minimum absolute atomic E-state index is 0.312. The SMILES string of the molecule is C=C(C)C(=O)NCO.C=CC(=O)O. The van der Waals surface area contributed by atoms with E-state index < -0.39 is 5.97 Å². The molecule has 0 atom stereocenters. The highest BCUT2D eigenvalue weighted by atomic mass is 16.4. The van der Waals surface area contributed by atoms with Crippen LogP contribution in [0.3, 0.4) is 0 Å². The molecule has 0 saturated carbocycles. The number of aliphatic hydroxyl groups is 1. The van der Waals surface area contributed by atoms with Gasteiger partial charge >= 0.3 is 5.97 Å². The van der Waals surface area contributed by atoms with Crippen molar-refractivity contribution >= 4 is 11.9 Å². The quantitative estimate of drug-likeness (QED) is 0.425. The Bertz CT molecular complexity index is 210. The predicted molar refractivity (Wildman–Crippen MR) is 47.9 cm³/mol. The Labute approximate surface area is 76.4 Å². The minimum Gasteiger partial charge on any atom is -0.478 e. The van der Waals surface area contributed by atoms with Gasteiger partial charge in [0.25, 0.3) is 0 Å². The lowest BCUT2D eigenvalue weighted by Gasteiger charge is -1.96. The second-order valence-electron chi connectivity index (χ2n) is 1.99. The van der Waals surface area contributed by atoms with Crippen LogP contribution in [0.4, 0.5) is 0 Å². The zero-order chi connectivity index (χ0) is 10.9. The van der Waals surface area contributed by atoms with Gasteiger partial charge in [-0.05, 0) is 6.92 Å². The van der Waals surface area contributed by atoms with E-state index in [2.05, 4.69) is 18.5 Å². The number of aliphatic hydroxyl groups excluding tert-OH is 1. The molecule has 1 amide bonds. The summed E-state index contributed by atoms with van der Waals surface area (Å²) in [5.74, 6) is -1.29. The first-order chi connectivity index (χ1) is 5.95. The second-order valence-corrected chi connectivity index (χ2v) is 1.99. The Morgan fingerprint density at radius 3 is 2.00 bits per heavy atom. The predicted octanol–water partition coefficient (Wildman–Crippen LogP) is -0.115. The zero-order valence-electron chi connectivity index (χ0n) is 7.41. The van der Waals surface area contributed by atoms with Gasteiger partial charge in [0.2, 0.25) is 5.91 Å². The molecule has 5 nitrogen and oxygen atoms in total. The third kappa shape index (κ3) is 13.4. The van der Waals surface area contributed by atoms with E-state index in [9.17, 15) is 9.59 Å². The average Bonchev–Trinajstić information content (AvgIpc) is 2.06. The van der Waals surface area contributed by atoms with E-state index in [1.807, 2.05) is 0 Å². The highest BCUT2D eigenvalue weighted by Crippen LogP contribution is 1.82. The summed E-state index contributed by atoms with van der Waals surface area (Å²) in [6.45, 7) is 7.56. The second kappa shape index (κ2) is 8.48. The van der Waals surface area contributed by atoms with Crippen LogP contribution in [-0.2, 0) is 9.59 Å². The molecule has 0 radical (unpaired) electrons. The Morgan fingerprint density at radius 1 is 1.54 bits per heavy atom. The molecule has 0 spiro atoms. The molecule has 0 saturated heterocycles. The summed E-state index contributed by atoms with van der Waals surface area (Å²) in [4.78, 5) is 19.6. The third-order valence-electron chi connectivity index (χ3n) is 0.802. The Morgan fingerprint density at radius 2 is 1.92 bits per heavy atom. The summed E-state index contributed by atoms with van der Waals surface area (Å²) in [5.41, 5.74) is 0.402. The van der Waals surface area contributed by atoms with Crippen molar-refractivity contribution in [3.63, 3.8) is 0 Å². The summed E-state index contributed by atoms with van der Waals surface area (Å²) in [6.07, 6.45) is 0.833.